The van der Waals surface area contributed by atoms with Gasteiger partial charge in [0.1, 0.15) is 23.3 Å². The van der Waals surface area contributed by atoms with E-state index in [0.717, 1.165) is 16.7 Å². The van der Waals surface area contributed by atoms with Gasteiger partial charge in [-0.15, -0.1) is 0 Å². The molecule has 0 fully saturated rings. The molecule has 5 nitrogen and oxygen atoms in total. The molecule has 2 aromatic rings. The summed E-state index contributed by atoms with van der Waals surface area (Å²) in [6, 6.07) is 7.58. The van der Waals surface area contributed by atoms with Crippen molar-refractivity contribution in [2.75, 3.05) is 19.5 Å². The van der Waals surface area contributed by atoms with E-state index in [9.17, 15) is 0 Å². The van der Waals surface area contributed by atoms with Gasteiger partial charge < -0.3 is 10.1 Å². The molecule has 1 aromatic carbocycles. The highest BCUT2D eigenvalue weighted by Gasteiger charge is 2.13. The number of nitrogens with zero attached hydrogens (tertiary/aromatic N) is 3. The number of nitriles is 1. The number of aromatic nitrogens is 2. The van der Waals surface area contributed by atoms with Crippen molar-refractivity contribution in [3.8, 4) is 23.2 Å². The number of nitrogens with one attached hydrogen (secondary N) is 1. The Morgan fingerprint density at radius 2 is 1.85 bits per heavy atom. The normalized spacial score (nSPS) is 9.95. The fraction of sp³-hybridized carbons (Fsp3) is 0.267. The Morgan fingerprint density at radius 1 is 1.15 bits per heavy atom. The molecular formula is C15H16N4O. The molecule has 5 heteroatoms. The maximum absolute atomic E-state index is 9.05. The molecule has 2 rings (SSSR count). The molecule has 0 spiro atoms. The Labute approximate surface area is 118 Å². The quantitative estimate of drug-likeness (QED) is 0.926. The minimum Gasteiger partial charge on any atom is -0.496 e. The molecule has 0 aliphatic carbocycles. The van der Waals surface area contributed by atoms with E-state index < -0.39 is 0 Å². The summed E-state index contributed by atoms with van der Waals surface area (Å²) in [6.45, 7) is 4.04. The molecular weight excluding hydrogens is 252 g/mol. The van der Waals surface area contributed by atoms with Crippen LogP contribution in [-0.2, 0) is 0 Å². The van der Waals surface area contributed by atoms with Crippen molar-refractivity contribution in [3.63, 3.8) is 0 Å². The first-order chi connectivity index (χ1) is 9.58. The van der Waals surface area contributed by atoms with Crippen LogP contribution in [0.2, 0.25) is 0 Å². The number of methoxy groups -OCH3 is 1. The third-order valence-corrected chi connectivity index (χ3v) is 3.15. The molecule has 1 heterocycles. The van der Waals surface area contributed by atoms with Crippen molar-refractivity contribution in [2.24, 2.45) is 0 Å². The first-order valence-electron chi connectivity index (χ1n) is 6.21. The second-order valence-electron chi connectivity index (χ2n) is 4.46. The Bertz CT molecular complexity index is 689. The maximum atomic E-state index is 9.05. The predicted molar refractivity (Wildman–Crippen MR) is 77.8 cm³/mol. The summed E-state index contributed by atoms with van der Waals surface area (Å²) in [5.41, 5.74) is 3.36. The van der Waals surface area contributed by atoms with E-state index in [0.29, 0.717) is 23.1 Å². The average molecular weight is 268 g/mol. The van der Waals surface area contributed by atoms with E-state index in [1.54, 1.807) is 20.2 Å². The highest BCUT2D eigenvalue weighted by molar-refractivity contribution is 5.68. The van der Waals surface area contributed by atoms with Gasteiger partial charge in [0.05, 0.1) is 12.7 Å². The summed E-state index contributed by atoms with van der Waals surface area (Å²) in [7, 11) is 3.37. The van der Waals surface area contributed by atoms with Crippen LogP contribution in [0, 0.1) is 25.2 Å². The predicted octanol–water partition coefficient (Wildman–Crippen LogP) is 2.68. The van der Waals surface area contributed by atoms with E-state index in [1.165, 1.54) is 0 Å². The SMILES string of the molecule is CNc1cc(C#N)nc(-c2cc(C)c(C)cc2OC)n1. The summed E-state index contributed by atoms with van der Waals surface area (Å²) in [4.78, 5) is 8.65. The smallest absolute Gasteiger partial charge is 0.166 e. The maximum Gasteiger partial charge on any atom is 0.166 e. The van der Waals surface area contributed by atoms with Crippen LogP contribution >= 0.6 is 0 Å². The van der Waals surface area contributed by atoms with E-state index >= 15 is 0 Å². The van der Waals surface area contributed by atoms with Crippen LogP contribution in [0.1, 0.15) is 16.8 Å². The second-order valence-corrected chi connectivity index (χ2v) is 4.46. The zero-order valence-electron chi connectivity index (χ0n) is 12.0. The van der Waals surface area contributed by atoms with E-state index in [2.05, 4.69) is 15.3 Å². The van der Waals surface area contributed by atoms with Gasteiger partial charge in [-0.25, -0.2) is 9.97 Å². The zero-order valence-corrected chi connectivity index (χ0v) is 12.0. The minimum atomic E-state index is 0.319. The summed E-state index contributed by atoms with van der Waals surface area (Å²) < 4.78 is 5.40. The molecule has 0 amide bonds. The monoisotopic (exact) mass is 268 g/mol. The van der Waals surface area contributed by atoms with Gasteiger partial charge in [-0.3, -0.25) is 0 Å². The fourth-order valence-corrected chi connectivity index (χ4v) is 1.89. The van der Waals surface area contributed by atoms with Crippen molar-refractivity contribution >= 4 is 5.82 Å². The molecule has 0 bridgehead atoms. The van der Waals surface area contributed by atoms with Crippen LogP contribution in [0.5, 0.6) is 5.75 Å². The summed E-state index contributed by atoms with van der Waals surface area (Å²) >= 11 is 0. The van der Waals surface area contributed by atoms with Gasteiger partial charge in [0.25, 0.3) is 0 Å². The van der Waals surface area contributed by atoms with Crippen LogP contribution in [0.4, 0.5) is 5.82 Å². The number of rotatable bonds is 3. The van der Waals surface area contributed by atoms with Gasteiger partial charge in [0.2, 0.25) is 0 Å². The van der Waals surface area contributed by atoms with Crippen LogP contribution in [0.3, 0.4) is 0 Å². The lowest BCUT2D eigenvalue weighted by Gasteiger charge is -2.11. The molecule has 0 aliphatic rings. The van der Waals surface area contributed by atoms with Crippen molar-refractivity contribution in [2.45, 2.75) is 13.8 Å². The van der Waals surface area contributed by atoms with E-state index in [-0.39, 0.29) is 0 Å². The van der Waals surface area contributed by atoms with Crippen molar-refractivity contribution < 1.29 is 4.74 Å². The van der Waals surface area contributed by atoms with Gasteiger partial charge in [0, 0.05) is 13.1 Å². The highest BCUT2D eigenvalue weighted by Crippen LogP contribution is 2.31. The first kappa shape index (κ1) is 13.8. The molecule has 0 atom stereocenters. The van der Waals surface area contributed by atoms with E-state index in [1.807, 2.05) is 32.0 Å². The molecule has 20 heavy (non-hydrogen) atoms. The lowest BCUT2D eigenvalue weighted by atomic mass is 10.0. The number of hydrogen-bond acceptors (Lipinski definition) is 5. The summed E-state index contributed by atoms with van der Waals surface area (Å²) in [5.74, 6) is 1.78. The summed E-state index contributed by atoms with van der Waals surface area (Å²) in [5, 5.41) is 12.0. The van der Waals surface area contributed by atoms with E-state index in [4.69, 9.17) is 10.00 Å². The highest BCUT2D eigenvalue weighted by atomic mass is 16.5. The lowest BCUT2D eigenvalue weighted by Crippen LogP contribution is -2.01. The Morgan fingerprint density at radius 3 is 2.45 bits per heavy atom. The molecule has 1 N–H and O–H groups in total. The van der Waals surface area contributed by atoms with Crippen LogP contribution in [-0.4, -0.2) is 24.1 Å². The third kappa shape index (κ3) is 2.54. The number of anilines is 1. The van der Waals surface area contributed by atoms with Gasteiger partial charge in [0.15, 0.2) is 5.82 Å². The molecule has 0 saturated heterocycles. The molecule has 0 radical (unpaired) electrons. The van der Waals surface area contributed by atoms with Gasteiger partial charge >= 0.3 is 0 Å². The number of hydrogen-bond donors (Lipinski definition) is 1. The third-order valence-electron chi connectivity index (χ3n) is 3.15. The van der Waals surface area contributed by atoms with Gasteiger partial charge in [-0.05, 0) is 37.1 Å². The summed E-state index contributed by atoms with van der Waals surface area (Å²) in [6.07, 6.45) is 0. The van der Waals surface area contributed by atoms with Crippen LogP contribution in [0.15, 0.2) is 18.2 Å². The van der Waals surface area contributed by atoms with Crippen molar-refractivity contribution in [3.05, 3.63) is 35.0 Å². The number of benzene rings is 1. The molecule has 0 unspecified atom stereocenters. The minimum absolute atomic E-state index is 0.319. The number of ether oxygens (including phenoxy) is 1. The first-order valence-corrected chi connectivity index (χ1v) is 6.21. The van der Waals surface area contributed by atoms with Gasteiger partial charge in [-0.2, -0.15) is 5.26 Å². The van der Waals surface area contributed by atoms with Gasteiger partial charge in [-0.1, -0.05) is 0 Å². The molecule has 0 saturated carbocycles. The Hall–Kier alpha value is -2.61. The second kappa shape index (κ2) is 5.57. The topological polar surface area (TPSA) is 70.8 Å². The lowest BCUT2D eigenvalue weighted by molar-refractivity contribution is 0.415. The Balaban J connectivity index is 2.67. The van der Waals surface area contributed by atoms with Crippen LogP contribution in [0.25, 0.3) is 11.4 Å². The number of aryl methyl sites for hydroxylation is 2. The molecule has 0 aliphatic heterocycles. The van der Waals surface area contributed by atoms with Crippen molar-refractivity contribution in [1.82, 2.24) is 9.97 Å². The Kier molecular flexibility index (Phi) is 3.85. The largest absolute Gasteiger partial charge is 0.496 e. The van der Waals surface area contributed by atoms with Crippen LogP contribution < -0.4 is 10.1 Å². The van der Waals surface area contributed by atoms with Crippen molar-refractivity contribution in [1.29, 1.82) is 5.26 Å². The fourth-order valence-electron chi connectivity index (χ4n) is 1.89. The molecule has 1 aromatic heterocycles. The molecule has 102 valence electrons. The zero-order chi connectivity index (χ0) is 14.7. The average Bonchev–Trinajstić information content (AvgIpc) is 2.48. The standard InChI is InChI=1S/C15H16N4O/c1-9-5-12(13(20-4)6-10(9)2)15-18-11(8-16)7-14(17-3)19-15/h5-7H,1-4H3,(H,17,18,19).